The van der Waals surface area contributed by atoms with Gasteiger partial charge in [0.15, 0.2) is 5.65 Å². The molecule has 0 spiro atoms. The van der Waals surface area contributed by atoms with Gasteiger partial charge in [-0.05, 0) is 50.6 Å². The zero-order valence-electron chi connectivity index (χ0n) is 17.6. The zero-order chi connectivity index (χ0) is 20.7. The summed E-state index contributed by atoms with van der Waals surface area (Å²) in [4.78, 5) is 26.9. The SMILES string of the molecule is Cc1nc2sc3c(c2c2nc(C(=O)NCCCN4CCOCC4)nn12)C[C@H](C)CC3. The standard InChI is InChI=1S/C21H28N6O2S/c1-13-4-5-16-15(12-13)17-19-24-18(25-27(19)14(2)23-21(17)30-16)20(28)22-6-3-7-26-8-10-29-11-9-26/h13H,3-12H2,1-2H3,(H,22,28)/t13-/m1/s1. The Morgan fingerprint density at radius 3 is 2.97 bits per heavy atom. The number of fused-ring (bicyclic) bond motifs is 5. The summed E-state index contributed by atoms with van der Waals surface area (Å²) in [6.45, 7) is 9.32. The van der Waals surface area contributed by atoms with E-state index in [0.29, 0.717) is 12.5 Å². The molecular weight excluding hydrogens is 400 g/mol. The van der Waals surface area contributed by atoms with E-state index in [-0.39, 0.29) is 11.7 Å². The van der Waals surface area contributed by atoms with Crippen LogP contribution in [0.25, 0.3) is 15.9 Å². The number of morpholine rings is 1. The molecule has 0 bridgehead atoms. The summed E-state index contributed by atoms with van der Waals surface area (Å²) in [5.74, 6) is 1.44. The summed E-state index contributed by atoms with van der Waals surface area (Å²) in [6.07, 6.45) is 4.28. The quantitative estimate of drug-likeness (QED) is 0.628. The van der Waals surface area contributed by atoms with Crippen molar-refractivity contribution < 1.29 is 9.53 Å². The first-order valence-corrected chi connectivity index (χ1v) is 11.7. The maximum atomic E-state index is 12.7. The number of hydrogen-bond acceptors (Lipinski definition) is 7. The Morgan fingerprint density at radius 1 is 1.30 bits per heavy atom. The first-order valence-electron chi connectivity index (χ1n) is 10.9. The second-order valence-corrected chi connectivity index (χ2v) is 9.51. The number of hydrogen-bond donors (Lipinski definition) is 1. The second kappa shape index (κ2) is 8.20. The summed E-state index contributed by atoms with van der Waals surface area (Å²) >= 11 is 1.77. The van der Waals surface area contributed by atoms with Crippen LogP contribution in [0.3, 0.4) is 0 Å². The minimum Gasteiger partial charge on any atom is -0.379 e. The van der Waals surface area contributed by atoms with Crippen LogP contribution in [0.15, 0.2) is 0 Å². The topological polar surface area (TPSA) is 84.7 Å². The second-order valence-electron chi connectivity index (χ2n) is 8.43. The molecule has 1 atom stereocenters. The Hall–Kier alpha value is -2.10. The maximum absolute atomic E-state index is 12.7. The lowest BCUT2D eigenvalue weighted by molar-refractivity contribution is 0.0374. The fraction of sp³-hybridized carbons (Fsp3) is 0.619. The van der Waals surface area contributed by atoms with Gasteiger partial charge in [0, 0.05) is 24.5 Å². The van der Waals surface area contributed by atoms with Crippen molar-refractivity contribution in [2.24, 2.45) is 5.92 Å². The molecule has 30 heavy (non-hydrogen) atoms. The lowest BCUT2D eigenvalue weighted by Crippen LogP contribution is -2.38. The van der Waals surface area contributed by atoms with Gasteiger partial charge in [-0.25, -0.2) is 9.97 Å². The predicted molar refractivity (Wildman–Crippen MR) is 116 cm³/mol. The Kier molecular flexibility index (Phi) is 5.43. The van der Waals surface area contributed by atoms with Gasteiger partial charge < -0.3 is 10.1 Å². The van der Waals surface area contributed by atoms with Crippen molar-refractivity contribution in [3.8, 4) is 0 Å². The van der Waals surface area contributed by atoms with Gasteiger partial charge in [0.05, 0.1) is 18.6 Å². The molecule has 3 aromatic heterocycles. The van der Waals surface area contributed by atoms with Gasteiger partial charge in [0.25, 0.3) is 5.91 Å². The van der Waals surface area contributed by atoms with Gasteiger partial charge in [0.1, 0.15) is 10.7 Å². The highest BCUT2D eigenvalue weighted by atomic mass is 32.1. The third kappa shape index (κ3) is 3.70. The number of aromatic nitrogens is 4. The van der Waals surface area contributed by atoms with Crippen LogP contribution in [-0.4, -0.2) is 69.8 Å². The zero-order valence-corrected chi connectivity index (χ0v) is 18.4. The molecular formula is C21H28N6O2S. The molecule has 0 aromatic carbocycles. The van der Waals surface area contributed by atoms with Gasteiger partial charge in [-0.3, -0.25) is 9.69 Å². The molecule has 0 radical (unpaired) electrons. The smallest absolute Gasteiger partial charge is 0.290 e. The summed E-state index contributed by atoms with van der Waals surface area (Å²) in [5, 5.41) is 8.55. The van der Waals surface area contributed by atoms with E-state index in [0.717, 1.165) is 73.8 Å². The fourth-order valence-electron chi connectivity index (χ4n) is 4.45. The molecule has 2 aliphatic rings. The molecule has 1 fully saturated rings. The van der Waals surface area contributed by atoms with Crippen molar-refractivity contribution in [2.75, 3.05) is 39.4 Å². The molecule has 160 valence electrons. The summed E-state index contributed by atoms with van der Waals surface area (Å²) in [6, 6.07) is 0. The molecule has 1 saturated heterocycles. The molecule has 5 rings (SSSR count). The van der Waals surface area contributed by atoms with Crippen molar-refractivity contribution in [1.82, 2.24) is 29.8 Å². The van der Waals surface area contributed by atoms with E-state index < -0.39 is 0 Å². The average molecular weight is 429 g/mol. The van der Waals surface area contributed by atoms with Crippen LogP contribution < -0.4 is 5.32 Å². The van der Waals surface area contributed by atoms with Crippen LogP contribution >= 0.6 is 11.3 Å². The predicted octanol–water partition coefficient (Wildman–Crippen LogP) is 2.22. The number of carbonyl (C=O) groups excluding carboxylic acids is 1. The van der Waals surface area contributed by atoms with Crippen LogP contribution in [0.5, 0.6) is 0 Å². The molecule has 0 unspecified atom stereocenters. The average Bonchev–Trinajstić information content (AvgIpc) is 3.33. The van der Waals surface area contributed by atoms with Crippen LogP contribution in [0.1, 0.15) is 46.6 Å². The number of nitrogens with zero attached hydrogens (tertiary/aromatic N) is 5. The fourth-order valence-corrected chi connectivity index (χ4v) is 5.71. The van der Waals surface area contributed by atoms with E-state index in [9.17, 15) is 4.79 Å². The van der Waals surface area contributed by atoms with Gasteiger partial charge >= 0.3 is 0 Å². The van der Waals surface area contributed by atoms with Crippen LogP contribution in [0.4, 0.5) is 0 Å². The van der Waals surface area contributed by atoms with E-state index in [1.54, 1.807) is 15.9 Å². The van der Waals surface area contributed by atoms with Crippen LogP contribution in [0, 0.1) is 12.8 Å². The highest BCUT2D eigenvalue weighted by molar-refractivity contribution is 7.19. The van der Waals surface area contributed by atoms with Crippen LogP contribution in [-0.2, 0) is 17.6 Å². The Balaban J connectivity index is 1.35. The van der Waals surface area contributed by atoms with Crippen molar-refractivity contribution in [3.63, 3.8) is 0 Å². The van der Waals surface area contributed by atoms with E-state index in [2.05, 4.69) is 27.2 Å². The number of amides is 1. The van der Waals surface area contributed by atoms with Crippen molar-refractivity contribution in [3.05, 3.63) is 22.1 Å². The molecule has 1 aliphatic heterocycles. The van der Waals surface area contributed by atoms with Crippen LogP contribution in [0.2, 0.25) is 0 Å². The number of carbonyl (C=O) groups is 1. The molecule has 1 N–H and O–H groups in total. The minimum absolute atomic E-state index is 0.217. The molecule has 9 heteroatoms. The molecule has 4 heterocycles. The molecule has 1 aliphatic carbocycles. The van der Waals surface area contributed by atoms with Gasteiger partial charge in [-0.1, -0.05) is 6.92 Å². The highest BCUT2D eigenvalue weighted by Crippen LogP contribution is 2.38. The van der Waals surface area contributed by atoms with E-state index >= 15 is 0 Å². The van der Waals surface area contributed by atoms with E-state index in [1.807, 2.05) is 6.92 Å². The third-order valence-corrected chi connectivity index (χ3v) is 7.32. The summed E-state index contributed by atoms with van der Waals surface area (Å²) < 4.78 is 7.10. The Labute approximate surface area is 179 Å². The van der Waals surface area contributed by atoms with E-state index in [4.69, 9.17) is 9.72 Å². The maximum Gasteiger partial charge on any atom is 0.290 e. The molecule has 3 aromatic rings. The van der Waals surface area contributed by atoms with E-state index in [1.165, 1.54) is 16.9 Å². The summed E-state index contributed by atoms with van der Waals surface area (Å²) in [5.41, 5.74) is 2.12. The molecule has 0 saturated carbocycles. The highest BCUT2D eigenvalue weighted by Gasteiger charge is 2.25. The Morgan fingerprint density at radius 2 is 2.13 bits per heavy atom. The number of thiophene rings is 1. The van der Waals surface area contributed by atoms with Gasteiger partial charge in [-0.15, -0.1) is 16.4 Å². The summed E-state index contributed by atoms with van der Waals surface area (Å²) in [7, 11) is 0. The monoisotopic (exact) mass is 428 g/mol. The number of aryl methyl sites for hydroxylation is 2. The van der Waals surface area contributed by atoms with Crippen molar-refractivity contribution in [2.45, 2.75) is 39.5 Å². The molecule has 8 nitrogen and oxygen atoms in total. The number of nitrogens with one attached hydrogen (secondary N) is 1. The van der Waals surface area contributed by atoms with Crippen molar-refractivity contribution >= 4 is 33.1 Å². The first-order chi connectivity index (χ1) is 14.6. The minimum atomic E-state index is -0.217. The largest absolute Gasteiger partial charge is 0.379 e. The number of ether oxygens (including phenoxy) is 1. The third-order valence-electron chi connectivity index (χ3n) is 6.13. The molecule has 1 amide bonds. The van der Waals surface area contributed by atoms with Crippen molar-refractivity contribution in [1.29, 1.82) is 0 Å². The number of rotatable bonds is 5. The first kappa shape index (κ1) is 19.8. The Bertz CT molecular complexity index is 1080. The lowest BCUT2D eigenvalue weighted by atomic mass is 9.89. The van der Waals surface area contributed by atoms with Gasteiger partial charge in [0.2, 0.25) is 5.82 Å². The normalized spacial score (nSPS) is 20.0. The lowest BCUT2D eigenvalue weighted by Gasteiger charge is -2.26. The van der Waals surface area contributed by atoms with Gasteiger partial charge in [-0.2, -0.15) is 4.52 Å².